The summed E-state index contributed by atoms with van der Waals surface area (Å²) in [6, 6.07) is -0.0584. The maximum atomic E-state index is 12.3. The molecule has 0 saturated carbocycles. The summed E-state index contributed by atoms with van der Waals surface area (Å²) in [5.41, 5.74) is 3.18. The Kier molecular flexibility index (Phi) is 4.09. The minimum atomic E-state index is -0.0369. The summed E-state index contributed by atoms with van der Waals surface area (Å²) < 4.78 is 6.18. The van der Waals surface area contributed by atoms with E-state index in [-0.39, 0.29) is 18.0 Å². The van der Waals surface area contributed by atoms with Crippen molar-refractivity contribution in [3.05, 3.63) is 22.8 Å². The number of rotatable bonds is 4. The quantitative estimate of drug-likeness (QED) is 0.923. The topological polar surface area (TPSA) is 75.9 Å². The Morgan fingerprint density at radius 2 is 2.09 bits per heavy atom. The van der Waals surface area contributed by atoms with Crippen molar-refractivity contribution in [1.82, 2.24) is 24.0 Å². The van der Waals surface area contributed by atoms with Crippen LogP contribution in [0.25, 0.3) is 0 Å². The van der Waals surface area contributed by atoms with E-state index in [9.17, 15) is 4.79 Å². The van der Waals surface area contributed by atoms with Crippen LogP contribution in [0.1, 0.15) is 42.2 Å². The Bertz CT molecular complexity index is 736. The van der Waals surface area contributed by atoms with Crippen molar-refractivity contribution < 1.29 is 4.79 Å². The standard InChI is InChI=1S/C15H22N6OS/c1-6-11-17-15(23-19-11)16-10-7-12(22)20(4)14(10)13-8(2)18-21(5)9(13)3/h10,14H,6-7H2,1-5H3,(H,16,17,19)/t10-,14-/m1/s1. The van der Waals surface area contributed by atoms with Crippen LogP contribution in [0, 0.1) is 13.8 Å². The van der Waals surface area contributed by atoms with Gasteiger partial charge in [0.2, 0.25) is 11.0 Å². The fraction of sp³-hybridized carbons (Fsp3) is 0.600. The fourth-order valence-corrected chi connectivity index (χ4v) is 3.94. The van der Waals surface area contributed by atoms with Crippen molar-refractivity contribution in [3.63, 3.8) is 0 Å². The summed E-state index contributed by atoms with van der Waals surface area (Å²) in [6.45, 7) is 6.07. The molecule has 2 atom stereocenters. The number of hydrogen-bond acceptors (Lipinski definition) is 6. The van der Waals surface area contributed by atoms with Crippen molar-refractivity contribution >= 4 is 22.6 Å². The SMILES string of the molecule is CCc1nsc(N[C@@H]2CC(=O)N(C)[C@H]2c2c(C)nn(C)c2C)n1. The molecule has 1 amide bonds. The average Bonchev–Trinajstić information content (AvgIpc) is 3.13. The molecule has 2 aromatic rings. The first-order chi connectivity index (χ1) is 10.9. The van der Waals surface area contributed by atoms with E-state index in [1.165, 1.54) is 11.5 Å². The molecule has 1 saturated heterocycles. The highest BCUT2D eigenvalue weighted by Crippen LogP contribution is 2.37. The Morgan fingerprint density at radius 1 is 1.35 bits per heavy atom. The highest BCUT2D eigenvalue weighted by Gasteiger charge is 2.41. The van der Waals surface area contributed by atoms with E-state index in [1.807, 2.05) is 44.4 Å². The number of carbonyl (C=O) groups excluding carboxylic acids is 1. The predicted molar refractivity (Wildman–Crippen MR) is 89.5 cm³/mol. The molecule has 124 valence electrons. The van der Waals surface area contributed by atoms with E-state index in [0.717, 1.165) is 34.3 Å². The van der Waals surface area contributed by atoms with Gasteiger partial charge in [0.1, 0.15) is 5.82 Å². The number of nitrogens with zero attached hydrogens (tertiary/aromatic N) is 5. The second-order valence-electron chi connectivity index (χ2n) is 5.98. The van der Waals surface area contributed by atoms with Crippen LogP contribution in [0.15, 0.2) is 0 Å². The number of aromatic nitrogens is 4. The van der Waals surface area contributed by atoms with Crippen LogP contribution in [0.2, 0.25) is 0 Å². The molecule has 8 heteroatoms. The van der Waals surface area contributed by atoms with Gasteiger partial charge in [-0.2, -0.15) is 9.47 Å². The molecular weight excluding hydrogens is 312 g/mol. The van der Waals surface area contributed by atoms with Crippen LogP contribution in [-0.2, 0) is 18.3 Å². The Hall–Kier alpha value is -1.96. The highest BCUT2D eigenvalue weighted by atomic mass is 32.1. The lowest BCUT2D eigenvalue weighted by Crippen LogP contribution is -2.30. The molecule has 3 heterocycles. The van der Waals surface area contributed by atoms with E-state index in [0.29, 0.717) is 6.42 Å². The normalized spacial score (nSPS) is 21.3. The smallest absolute Gasteiger partial charge is 0.225 e. The largest absolute Gasteiger partial charge is 0.355 e. The summed E-state index contributed by atoms with van der Waals surface area (Å²) in [7, 11) is 3.79. The van der Waals surface area contributed by atoms with Gasteiger partial charge >= 0.3 is 0 Å². The van der Waals surface area contributed by atoms with Gasteiger partial charge < -0.3 is 10.2 Å². The Labute approximate surface area is 139 Å². The molecule has 23 heavy (non-hydrogen) atoms. The van der Waals surface area contributed by atoms with Gasteiger partial charge in [0, 0.05) is 49.7 Å². The van der Waals surface area contributed by atoms with Gasteiger partial charge in [-0.1, -0.05) is 6.92 Å². The summed E-state index contributed by atoms with van der Waals surface area (Å²) in [5.74, 6) is 0.968. The number of aryl methyl sites for hydroxylation is 3. The van der Waals surface area contributed by atoms with E-state index in [4.69, 9.17) is 0 Å². The first-order valence-electron chi connectivity index (χ1n) is 7.77. The van der Waals surface area contributed by atoms with Gasteiger partial charge in [-0.15, -0.1) is 0 Å². The van der Waals surface area contributed by atoms with Gasteiger partial charge in [-0.05, 0) is 13.8 Å². The van der Waals surface area contributed by atoms with Gasteiger partial charge in [-0.3, -0.25) is 9.48 Å². The number of likely N-dealkylation sites (tertiary alicyclic amines) is 1. The van der Waals surface area contributed by atoms with Crippen molar-refractivity contribution in [2.75, 3.05) is 12.4 Å². The van der Waals surface area contributed by atoms with Gasteiger partial charge in [0.15, 0.2) is 0 Å². The van der Waals surface area contributed by atoms with Crippen molar-refractivity contribution in [2.24, 2.45) is 7.05 Å². The lowest BCUT2D eigenvalue weighted by molar-refractivity contribution is -0.127. The summed E-state index contributed by atoms with van der Waals surface area (Å²) in [4.78, 5) is 18.6. The molecule has 1 fully saturated rings. The zero-order valence-electron chi connectivity index (χ0n) is 14.1. The minimum absolute atomic E-state index is 0.0215. The van der Waals surface area contributed by atoms with Crippen LogP contribution in [0.4, 0.5) is 5.13 Å². The predicted octanol–water partition coefficient (Wildman–Crippen LogP) is 1.83. The molecule has 0 bridgehead atoms. The molecule has 0 radical (unpaired) electrons. The van der Waals surface area contributed by atoms with Crippen LogP contribution in [0.3, 0.4) is 0 Å². The van der Waals surface area contributed by atoms with Gasteiger partial charge in [0.25, 0.3) is 0 Å². The lowest BCUT2D eigenvalue weighted by Gasteiger charge is -2.26. The number of likely N-dealkylation sites (N-methyl/N-ethyl adjacent to an activating group) is 1. The first-order valence-corrected chi connectivity index (χ1v) is 8.54. The van der Waals surface area contributed by atoms with Gasteiger partial charge in [-0.25, -0.2) is 4.98 Å². The zero-order valence-corrected chi connectivity index (χ0v) is 14.9. The molecule has 0 aromatic carbocycles. The molecular formula is C15H22N6OS. The number of hydrogen-bond donors (Lipinski definition) is 1. The molecule has 1 aliphatic rings. The third kappa shape index (κ3) is 2.71. The van der Waals surface area contributed by atoms with Gasteiger partial charge in [0.05, 0.1) is 17.8 Å². The molecule has 2 aromatic heterocycles. The second-order valence-corrected chi connectivity index (χ2v) is 6.73. The monoisotopic (exact) mass is 334 g/mol. The molecule has 0 aliphatic carbocycles. The molecule has 7 nitrogen and oxygen atoms in total. The Balaban J connectivity index is 1.93. The van der Waals surface area contributed by atoms with E-state index in [1.54, 1.807) is 0 Å². The maximum Gasteiger partial charge on any atom is 0.225 e. The van der Waals surface area contributed by atoms with Crippen molar-refractivity contribution in [3.8, 4) is 0 Å². The van der Waals surface area contributed by atoms with Crippen molar-refractivity contribution in [2.45, 2.75) is 45.7 Å². The first kappa shape index (κ1) is 15.9. The highest BCUT2D eigenvalue weighted by molar-refractivity contribution is 7.09. The number of nitrogens with one attached hydrogen (secondary N) is 1. The van der Waals surface area contributed by atoms with Crippen LogP contribution < -0.4 is 5.32 Å². The molecule has 3 rings (SSSR count). The van der Waals surface area contributed by atoms with Crippen LogP contribution in [0.5, 0.6) is 0 Å². The summed E-state index contributed by atoms with van der Waals surface area (Å²) in [5, 5.41) is 8.69. The molecule has 1 N–H and O–H groups in total. The maximum absolute atomic E-state index is 12.3. The van der Waals surface area contributed by atoms with E-state index >= 15 is 0 Å². The number of carbonyl (C=O) groups is 1. The third-order valence-corrected chi connectivity index (χ3v) is 5.22. The van der Waals surface area contributed by atoms with Crippen LogP contribution >= 0.6 is 11.5 Å². The Morgan fingerprint density at radius 3 is 2.65 bits per heavy atom. The minimum Gasteiger partial charge on any atom is -0.355 e. The zero-order chi connectivity index (χ0) is 16.7. The van der Waals surface area contributed by atoms with E-state index < -0.39 is 0 Å². The number of amides is 1. The third-order valence-electron chi connectivity index (χ3n) is 4.54. The van der Waals surface area contributed by atoms with Crippen LogP contribution in [-0.4, -0.2) is 43.0 Å². The molecule has 1 aliphatic heterocycles. The number of anilines is 1. The fourth-order valence-electron chi connectivity index (χ4n) is 3.23. The molecule has 0 unspecified atom stereocenters. The summed E-state index contributed by atoms with van der Waals surface area (Å²) >= 11 is 1.35. The van der Waals surface area contributed by atoms with Crippen molar-refractivity contribution in [1.29, 1.82) is 0 Å². The average molecular weight is 334 g/mol. The lowest BCUT2D eigenvalue weighted by atomic mass is 9.98. The summed E-state index contributed by atoms with van der Waals surface area (Å²) in [6.07, 6.45) is 1.27. The molecule has 0 spiro atoms. The van der Waals surface area contributed by atoms with E-state index in [2.05, 4.69) is 19.8 Å². The second kappa shape index (κ2) is 5.92.